The van der Waals surface area contributed by atoms with Crippen molar-refractivity contribution in [3.63, 3.8) is 0 Å². The van der Waals surface area contributed by atoms with Gasteiger partial charge in [-0.3, -0.25) is 0 Å². The monoisotopic (exact) mass is 262 g/mol. The second kappa shape index (κ2) is 5.23. The maximum Gasteiger partial charge on any atom is 0.335 e. The van der Waals surface area contributed by atoms with Crippen LogP contribution in [0, 0.1) is 12.7 Å². The number of carboxylic acid groups (broad SMARTS) is 1. The highest BCUT2D eigenvalue weighted by Crippen LogP contribution is 2.29. The Hall–Kier alpha value is -1.81. The van der Waals surface area contributed by atoms with E-state index in [4.69, 9.17) is 5.11 Å². The Kier molecular flexibility index (Phi) is 3.67. The fraction of sp³-hybridized carbons (Fsp3) is 0.0714. The van der Waals surface area contributed by atoms with Gasteiger partial charge in [-0.2, -0.15) is 0 Å². The lowest BCUT2D eigenvalue weighted by Gasteiger charge is -2.05. The van der Waals surface area contributed by atoms with Crippen molar-refractivity contribution in [2.24, 2.45) is 0 Å². The SMILES string of the molecule is Cc1cc(Sc2cccc(F)c2)ccc1C(=O)O. The van der Waals surface area contributed by atoms with Gasteiger partial charge in [0.15, 0.2) is 0 Å². The lowest BCUT2D eigenvalue weighted by Crippen LogP contribution is -1.98. The molecule has 0 aromatic heterocycles. The Morgan fingerprint density at radius 2 is 1.89 bits per heavy atom. The first-order chi connectivity index (χ1) is 8.56. The second-order valence-electron chi connectivity index (χ2n) is 3.84. The van der Waals surface area contributed by atoms with E-state index in [1.807, 2.05) is 6.07 Å². The van der Waals surface area contributed by atoms with Gasteiger partial charge in [0.25, 0.3) is 0 Å². The van der Waals surface area contributed by atoms with Gasteiger partial charge in [-0.05, 0) is 48.9 Å². The fourth-order valence-electron chi connectivity index (χ4n) is 1.61. The van der Waals surface area contributed by atoms with Gasteiger partial charge in [-0.25, -0.2) is 9.18 Å². The molecular weight excluding hydrogens is 251 g/mol. The van der Waals surface area contributed by atoms with Gasteiger partial charge in [0.05, 0.1) is 5.56 Å². The number of carbonyl (C=O) groups is 1. The third-order valence-electron chi connectivity index (χ3n) is 2.46. The zero-order chi connectivity index (χ0) is 13.1. The van der Waals surface area contributed by atoms with E-state index in [9.17, 15) is 9.18 Å². The number of aromatic carboxylic acids is 1. The summed E-state index contributed by atoms with van der Waals surface area (Å²) >= 11 is 1.40. The molecule has 0 saturated heterocycles. The number of hydrogen-bond acceptors (Lipinski definition) is 2. The number of halogens is 1. The smallest absolute Gasteiger partial charge is 0.335 e. The molecule has 0 saturated carbocycles. The van der Waals surface area contributed by atoms with Crippen molar-refractivity contribution in [1.29, 1.82) is 0 Å². The molecule has 1 N–H and O–H groups in total. The standard InChI is InChI=1S/C14H11FO2S/c1-9-7-12(5-6-13(9)14(16)17)18-11-4-2-3-10(15)8-11/h2-8H,1H3,(H,16,17). The molecule has 2 aromatic rings. The van der Waals surface area contributed by atoms with Crippen LogP contribution < -0.4 is 0 Å². The van der Waals surface area contributed by atoms with Crippen molar-refractivity contribution in [3.05, 3.63) is 59.4 Å². The number of aryl methyl sites for hydroxylation is 1. The molecule has 2 nitrogen and oxygen atoms in total. The van der Waals surface area contributed by atoms with E-state index in [0.717, 1.165) is 9.79 Å². The van der Waals surface area contributed by atoms with Crippen molar-refractivity contribution in [2.45, 2.75) is 16.7 Å². The molecule has 0 fully saturated rings. The predicted octanol–water partition coefficient (Wildman–Crippen LogP) is 3.98. The average molecular weight is 262 g/mol. The molecular formula is C14H11FO2S. The summed E-state index contributed by atoms with van der Waals surface area (Å²) in [6.07, 6.45) is 0. The van der Waals surface area contributed by atoms with Gasteiger partial charge >= 0.3 is 5.97 Å². The number of benzene rings is 2. The summed E-state index contributed by atoms with van der Waals surface area (Å²) in [6, 6.07) is 11.4. The summed E-state index contributed by atoms with van der Waals surface area (Å²) in [5.41, 5.74) is 0.988. The Balaban J connectivity index is 2.25. The first kappa shape index (κ1) is 12.6. The van der Waals surface area contributed by atoms with Crippen LogP contribution in [0.25, 0.3) is 0 Å². The third kappa shape index (κ3) is 2.90. The molecule has 0 spiro atoms. The van der Waals surface area contributed by atoms with Crippen molar-refractivity contribution in [3.8, 4) is 0 Å². The lowest BCUT2D eigenvalue weighted by atomic mass is 10.1. The molecule has 0 aliphatic heterocycles. The topological polar surface area (TPSA) is 37.3 Å². The predicted molar refractivity (Wildman–Crippen MR) is 68.7 cm³/mol. The van der Waals surface area contributed by atoms with E-state index in [2.05, 4.69) is 0 Å². The van der Waals surface area contributed by atoms with E-state index < -0.39 is 5.97 Å². The van der Waals surface area contributed by atoms with Crippen LogP contribution in [0.5, 0.6) is 0 Å². The van der Waals surface area contributed by atoms with Crippen LogP contribution in [0.3, 0.4) is 0 Å². The highest BCUT2D eigenvalue weighted by molar-refractivity contribution is 7.99. The van der Waals surface area contributed by atoms with Crippen LogP contribution in [-0.4, -0.2) is 11.1 Å². The van der Waals surface area contributed by atoms with Gasteiger partial charge < -0.3 is 5.11 Å². The Bertz CT molecular complexity index is 596. The Labute approximate surface area is 108 Å². The van der Waals surface area contributed by atoms with Gasteiger partial charge in [0.2, 0.25) is 0 Å². The number of carboxylic acids is 1. The maximum atomic E-state index is 13.0. The first-order valence-electron chi connectivity index (χ1n) is 5.33. The minimum atomic E-state index is -0.935. The molecule has 92 valence electrons. The quantitative estimate of drug-likeness (QED) is 0.909. The Morgan fingerprint density at radius 3 is 2.50 bits per heavy atom. The van der Waals surface area contributed by atoms with E-state index in [-0.39, 0.29) is 5.82 Å². The van der Waals surface area contributed by atoms with Crippen molar-refractivity contribution in [1.82, 2.24) is 0 Å². The molecule has 0 radical (unpaired) electrons. The summed E-state index contributed by atoms with van der Waals surface area (Å²) < 4.78 is 13.0. The van der Waals surface area contributed by atoms with Gasteiger partial charge in [-0.1, -0.05) is 17.8 Å². The molecule has 2 aromatic carbocycles. The van der Waals surface area contributed by atoms with Crippen LogP contribution in [0.2, 0.25) is 0 Å². The van der Waals surface area contributed by atoms with Gasteiger partial charge in [0.1, 0.15) is 5.82 Å². The zero-order valence-corrected chi connectivity index (χ0v) is 10.5. The van der Waals surface area contributed by atoms with Crippen molar-refractivity contribution >= 4 is 17.7 Å². The molecule has 0 heterocycles. The summed E-state index contributed by atoms with van der Waals surface area (Å²) in [6.45, 7) is 1.75. The third-order valence-corrected chi connectivity index (χ3v) is 3.44. The summed E-state index contributed by atoms with van der Waals surface area (Å²) in [7, 11) is 0. The molecule has 0 amide bonds. The Morgan fingerprint density at radius 1 is 1.17 bits per heavy atom. The molecule has 0 aliphatic rings. The average Bonchev–Trinajstić information content (AvgIpc) is 2.28. The van der Waals surface area contributed by atoms with E-state index in [1.165, 1.54) is 23.9 Å². The van der Waals surface area contributed by atoms with Crippen LogP contribution >= 0.6 is 11.8 Å². The lowest BCUT2D eigenvalue weighted by molar-refractivity contribution is 0.0696. The van der Waals surface area contributed by atoms with Gasteiger partial charge in [-0.15, -0.1) is 0 Å². The first-order valence-corrected chi connectivity index (χ1v) is 6.15. The minimum Gasteiger partial charge on any atom is -0.478 e. The molecule has 0 bridgehead atoms. The molecule has 2 rings (SSSR count). The highest BCUT2D eigenvalue weighted by Gasteiger charge is 2.07. The highest BCUT2D eigenvalue weighted by atomic mass is 32.2. The van der Waals surface area contributed by atoms with Crippen LogP contribution in [0.15, 0.2) is 52.3 Å². The molecule has 0 atom stereocenters. The fourth-order valence-corrected chi connectivity index (χ4v) is 2.57. The molecule has 0 unspecified atom stereocenters. The van der Waals surface area contributed by atoms with Crippen LogP contribution in [0.4, 0.5) is 4.39 Å². The second-order valence-corrected chi connectivity index (χ2v) is 4.99. The number of rotatable bonds is 3. The van der Waals surface area contributed by atoms with Gasteiger partial charge in [0, 0.05) is 9.79 Å². The normalized spacial score (nSPS) is 10.3. The largest absolute Gasteiger partial charge is 0.478 e. The summed E-state index contributed by atoms with van der Waals surface area (Å²) in [4.78, 5) is 12.6. The zero-order valence-electron chi connectivity index (χ0n) is 9.68. The summed E-state index contributed by atoms with van der Waals surface area (Å²) in [5, 5.41) is 8.93. The molecule has 0 aliphatic carbocycles. The van der Waals surface area contributed by atoms with Crippen molar-refractivity contribution < 1.29 is 14.3 Å². The number of hydrogen-bond donors (Lipinski definition) is 1. The molecule has 4 heteroatoms. The van der Waals surface area contributed by atoms with Crippen LogP contribution in [0.1, 0.15) is 15.9 Å². The molecule has 18 heavy (non-hydrogen) atoms. The van der Waals surface area contributed by atoms with E-state index in [1.54, 1.807) is 31.2 Å². The minimum absolute atomic E-state index is 0.279. The van der Waals surface area contributed by atoms with Crippen LogP contribution in [-0.2, 0) is 0 Å². The van der Waals surface area contributed by atoms with Crippen molar-refractivity contribution in [2.75, 3.05) is 0 Å². The summed E-state index contributed by atoms with van der Waals surface area (Å²) in [5.74, 6) is -1.21. The maximum absolute atomic E-state index is 13.0. The van der Waals surface area contributed by atoms with E-state index >= 15 is 0 Å². The van der Waals surface area contributed by atoms with E-state index in [0.29, 0.717) is 11.1 Å².